The van der Waals surface area contributed by atoms with E-state index in [0.29, 0.717) is 0 Å². The lowest BCUT2D eigenvalue weighted by Crippen LogP contribution is -1.83. The molecule has 0 radical (unpaired) electrons. The summed E-state index contributed by atoms with van der Waals surface area (Å²) in [5, 5.41) is 1.04. The standard InChI is InChI=1S/C12H8FN3/c13-8-1-2-11(15-5-8)10-6-16-12-7-14-4-3-9(10)12/h1-7,16H. The Labute approximate surface area is 91.0 Å². The number of aromatic amines is 1. The van der Waals surface area contributed by atoms with Gasteiger partial charge in [0.15, 0.2) is 0 Å². The van der Waals surface area contributed by atoms with Crippen molar-refractivity contribution in [1.29, 1.82) is 0 Å². The summed E-state index contributed by atoms with van der Waals surface area (Å²) in [6.45, 7) is 0. The van der Waals surface area contributed by atoms with Crippen molar-refractivity contribution < 1.29 is 4.39 Å². The van der Waals surface area contributed by atoms with Crippen LogP contribution in [0.5, 0.6) is 0 Å². The molecule has 0 fully saturated rings. The maximum Gasteiger partial charge on any atom is 0.141 e. The highest BCUT2D eigenvalue weighted by Crippen LogP contribution is 2.26. The number of rotatable bonds is 1. The van der Waals surface area contributed by atoms with Gasteiger partial charge in [0, 0.05) is 23.3 Å². The van der Waals surface area contributed by atoms with Crippen LogP contribution in [-0.4, -0.2) is 15.0 Å². The van der Waals surface area contributed by atoms with Crippen LogP contribution in [0.2, 0.25) is 0 Å². The van der Waals surface area contributed by atoms with Gasteiger partial charge in [-0.1, -0.05) is 0 Å². The Balaban J connectivity index is 2.22. The van der Waals surface area contributed by atoms with Crippen LogP contribution >= 0.6 is 0 Å². The summed E-state index contributed by atoms with van der Waals surface area (Å²) in [5.74, 6) is -0.328. The Morgan fingerprint density at radius 3 is 2.88 bits per heavy atom. The predicted octanol–water partition coefficient (Wildman–Crippen LogP) is 2.76. The number of hydrogen-bond donors (Lipinski definition) is 1. The molecule has 3 rings (SSSR count). The highest BCUT2D eigenvalue weighted by molar-refractivity contribution is 5.93. The van der Waals surface area contributed by atoms with E-state index in [1.165, 1.54) is 12.3 Å². The second-order valence-corrected chi connectivity index (χ2v) is 3.49. The first-order valence-corrected chi connectivity index (χ1v) is 4.87. The van der Waals surface area contributed by atoms with Gasteiger partial charge in [0.25, 0.3) is 0 Å². The normalized spacial score (nSPS) is 10.8. The number of H-pyrrole nitrogens is 1. The summed E-state index contributed by atoms with van der Waals surface area (Å²) < 4.78 is 12.8. The molecule has 0 saturated carbocycles. The van der Waals surface area contributed by atoms with E-state index in [1.54, 1.807) is 18.5 Å². The molecule has 0 aliphatic carbocycles. The van der Waals surface area contributed by atoms with E-state index >= 15 is 0 Å². The van der Waals surface area contributed by atoms with Crippen molar-refractivity contribution in [2.24, 2.45) is 0 Å². The van der Waals surface area contributed by atoms with Crippen LogP contribution in [0.15, 0.2) is 43.0 Å². The highest BCUT2D eigenvalue weighted by Gasteiger charge is 2.06. The predicted molar refractivity (Wildman–Crippen MR) is 59.3 cm³/mol. The molecule has 1 N–H and O–H groups in total. The van der Waals surface area contributed by atoms with Crippen molar-refractivity contribution in [3.63, 3.8) is 0 Å². The summed E-state index contributed by atoms with van der Waals surface area (Å²) in [6.07, 6.45) is 6.55. The highest BCUT2D eigenvalue weighted by atomic mass is 19.1. The molecule has 0 saturated heterocycles. The lowest BCUT2D eigenvalue weighted by molar-refractivity contribution is 0.622. The van der Waals surface area contributed by atoms with E-state index in [0.717, 1.165) is 22.2 Å². The van der Waals surface area contributed by atoms with E-state index in [-0.39, 0.29) is 5.82 Å². The summed E-state index contributed by atoms with van der Waals surface area (Å²) in [7, 11) is 0. The van der Waals surface area contributed by atoms with Crippen LogP contribution in [0.4, 0.5) is 4.39 Å². The van der Waals surface area contributed by atoms with Crippen LogP contribution in [-0.2, 0) is 0 Å². The Morgan fingerprint density at radius 2 is 2.06 bits per heavy atom. The van der Waals surface area contributed by atoms with Crippen LogP contribution < -0.4 is 0 Å². The van der Waals surface area contributed by atoms with Crippen molar-refractivity contribution in [2.45, 2.75) is 0 Å². The quantitative estimate of drug-likeness (QED) is 0.675. The second-order valence-electron chi connectivity index (χ2n) is 3.49. The Kier molecular flexibility index (Phi) is 1.93. The largest absolute Gasteiger partial charge is 0.359 e. The SMILES string of the molecule is Fc1ccc(-c2c[nH]c3cnccc23)nc1. The third kappa shape index (κ3) is 1.35. The minimum atomic E-state index is -0.328. The zero-order chi connectivity index (χ0) is 11.0. The van der Waals surface area contributed by atoms with Crippen LogP contribution in [0.25, 0.3) is 22.2 Å². The second kappa shape index (κ2) is 3.41. The van der Waals surface area contributed by atoms with Gasteiger partial charge < -0.3 is 4.98 Å². The molecule has 0 aromatic carbocycles. The maximum absolute atomic E-state index is 12.8. The first-order valence-electron chi connectivity index (χ1n) is 4.87. The molecule has 3 nitrogen and oxygen atoms in total. The van der Waals surface area contributed by atoms with E-state index in [4.69, 9.17) is 0 Å². The molecule has 3 aromatic rings. The van der Waals surface area contributed by atoms with E-state index < -0.39 is 0 Å². The first-order chi connectivity index (χ1) is 7.84. The molecule has 0 amide bonds. The molecular weight excluding hydrogens is 205 g/mol. The van der Waals surface area contributed by atoms with E-state index in [1.807, 2.05) is 12.3 Å². The number of pyridine rings is 2. The van der Waals surface area contributed by atoms with Gasteiger partial charge in [-0.15, -0.1) is 0 Å². The lowest BCUT2D eigenvalue weighted by atomic mass is 10.1. The maximum atomic E-state index is 12.8. The monoisotopic (exact) mass is 213 g/mol. The first kappa shape index (κ1) is 9.03. The fourth-order valence-corrected chi connectivity index (χ4v) is 1.72. The van der Waals surface area contributed by atoms with Crippen LogP contribution in [0, 0.1) is 5.82 Å². The third-order valence-electron chi connectivity index (χ3n) is 2.49. The Bertz CT molecular complexity index is 628. The van der Waals surface area contributed by atoms with Crippen molar-refractivity contribution in [1.82, 2.24) is 15.0 Å². The van der Waals surface area contributed by atoms with Gasteiger partial charge in [0.2, 0.25) is 0 Å². The number of nitrogens with zero attached hydrogens (tertiary/aromatic N) is 2. The molecule has 0 aliphatic rings. The molecule has 4 heteroatoms. The van der Waals surface area contributed by atoms with Crippen molar-refractivity contribution in [3.05, 3.63) is 48.8 Å². The number of nitrogens with one attached hydrogen (secondary N) is 1. The van der Waals surface area contributed by atoms with Gasteiger partial charge in [-0.05, 0) is 18.2 Å². The molecule has 78 valence electrons. The van der Waals surface area contributed by atoms with Gasteiger partial charge in [-0.2, -0.15) is 0 Å². The molecule has 0 atom stereocenters. The molecule has 16 heavy (non-hydrogen) atoms. The third-order valence-corrected chi connectivity index (χ3v) is 2.49. The summed E-state index contributed by atoms with van der Waals surface area (Å²) in [4.78, 5) is 11.2. The fourth-order valence-electron chi connectivity index (χ4n) is 1.72. The average molecular weight is 213 g/mol. The minimum Gasteiger partial charge on any atom is -0.359 e. The molecule has 0 spiro atoms. The molecule has 0 bridgehead atoms. The molecule has 3 heterocycles. The lowest BCUT2D eigenvalue weighted by Gasteiger charge is -1.97. The topological polar surface area (TPSA) is 41.6 Å². The molecule has 0 unspecified atom stereocenters. The zero-order valence-electron chi connectivity index (χ0n) is 8.31. The molecular formula is C12H8FN3. The Hall–Kier alpha value is -2.23. The Morgan fingerprint density at radius 1 is 1.12 bits per heavy atom. The van der Waals surface area contributed by atoms with Crippen molar-refractivity contribution in [3.8, 4) is 11.3 Å². The van der Waals surface area contributed by atoms with Gasteiger partial charge in [-0.25, -0.2) is 4.39 Å². The van der Waals surface area contributed by atoms with E-state index in [9.17, 15) is 4.39 Å². The van der Waals surface area contributed by atoms with Gasteiger partial charge in [-0.3, -0.25) is 9.97 Å². The van der Waals surface area contributed by atoms with Crippen molar-refractivity contribution >= 4 is 10.9 Å². The number of fused-ring (bicyclic) bond motifs is 1. The smallest absolute Gasteiger partial charge is 0.141 e. The van der Waals surface area contributed by atoms with E-state index in [2.05, 4.69) is 15.0 Å². The molecule has 0 aliphatic heterocycles. The van der Waals surface area contributed by atoms with Crippen LogP contribution in [0.3, 0.4) is 0 Å². The molecule has 3 aromatic heterocycles. The summed E-state index contributed by atoms with van der Waals surface area (Å²) in [5.41, 5.74) is 2.65. The van der Waals surface area contributed by atoms with Gasteiger partial charge in [0.1, 0.15) is 5.82 Å². The zero-order valence-corrected chi connectivity index (χ0v) is 8.31. The number of aromatic nitrogens is 3. The summed E-state index contributed by atoms with van der Waals surface area (Å²) >= 11 is 0. The van der Waals surface area contributed by atoms with Gasteiger partial charge >= 0.3 is 0 Å². The van der Waals surface area contributed by atoms with Crippen LogP contribution in [0.1, 0.15) is 0 Å². The summed E-state index contributed by atoms with van der Waals surface area (Å²) in [6, 6.07) is 4.98. The number of hydrogen-bond acceptors (Lipinski definition) is 2. The average Bonchev–Trinajstić information content (AvgIpc) is 2.74. The minimum absolute atomic E-state index is 0.328. The van der Waals surface area contributed by atoms with Crippen molar-refractivity contribution in [2.75, 3.05) is 0 Å². The van der Waals surface area contributed by atoms with Gasteiger partial charge in [0.05, 0.1) is 23.6 Å². The fraction of sp³-hybridized carbons (Fsp3) is 0. The number of halogens is 1.